The maximum absolute atomic E-state index is 10.6. The lowest BCUT2D eigenvalue weighted by Crippen LogP contribution is -2.04. The number of nitrogens with zero attached hydrogens (tertiary/aromatic N) is 1. The molecule has 4 nitrogen and oxygen atoms in total. The Morgan fingerprint density at radius 2 is 2.50 bits per heavy atom. The van der Waals surface area contributed by atoms with E-state index in [9.17, 15) is 4.79 Å². The smallest absolute Gasteiger partial charge is 0.335 e. The van der Waals surface area contributed by atoms with Gasteiger partial charge in [-0.25, -0.2) is 9.78 Å². The third-order valence-electron chi connectivity index (χ3n) is 1.58. The lowest BCUT2D eigenvalue weighted by molar-refractivity contribution is 0.0697. The molecule has 72 valence electrons. The van der Waals surface area contributed by atoms with E-state index < -0.39 is 5.97 Å². The van der Waals surface area contributed by atoms with Crippen LogP contribution in [0.2, 0.25) is 0 Å². The number of hydrogen-bond donors (Lipinski definition) is 2. The van der Waals surface area contributed by atoms with Crippen LogP contribution in [0, 0.1) is 12.3 Å². The van der Waals surface area contributed by atoms with Gasteiger partial charge in [-0.2, -0.15) is 0 Å². The first-order chi connectivity index (χ1) is 6.74. The van der Waals surface area contributed by atoms with Gasteiger partial charge in [-0.1, -0.05) is 0 Å². The Balaban J connectivity index is 2.65. The van der Waals surface area contributed by atoms with E-state index in [1.165, 1.54) is 18.3 Å². The molecular formula is C10H10N2O2. The molecule has 0 fully saturated rings. The maximum atomic E-state index is 10.6. The number of carboxylic acid groups (broad SMARTS) is 1. The molecule has 0 amide bonds. The second-order valence-corrected chi connectivity index (χ2v) is 2.62. The number of nitrogens with one attached hydrogen (secondary N) is 1. The number of rotatable bonds is 4. The maximum Gasteiger partial charge on any atom is 0.335 e. The molecule has 0 bridgehead atoms. The second kappa shape index (κ2) is 4.87. The Kier molecular flexibility index (Phi) is 3.50. The summed E-state index contributed by atoms with van der Waals surface area (Å²) in [6.07, 6.45) is 7.09. The van der Waals surface area contributed by atoms with Crippen molar-refractivity contribution < 1.29 is 9.90 Å². The molecule has 14 heavy (non-hydrogen) atoms. The number of terminal acetylenes is 1. The standard InChI is InChI=1S/C10H10N2O2/c1-2-3-5-11-9-7-8(10(13)14)4-6-12-9/h1,4,6-7H,3,5H2,(H,11,12)(H,13,14). The fraction of sp³-hybridized carbons (Fsp3) is 0.200. The Hall–Kier alpha value is -2.02. The van der Waals surface area contributed by atoms with Gasteiger partial charge in [0.05, 0.1) is 5.56 Å². The molecule has 1 rings (SSSR count). The zero-order valence-corrected chi connectivity index (χ0v) is 7.53. The largest absolute Gasteiger partial charge is 0.478 e. The second-order valence-electron chi connectivity index (χ2n) is 2.62. The van der Waals surface area contributed by atoms with Gasteiger partial charge in [0.2, 0.25) is 0 Å². The van der Waals surface area contributed by atoms with Crippen LogP contribution in [0.4, 0.5) is 5.82 Å². The highest BCUT2D eigenvalue weighted by Crippen LogP contribution is 2.06. The van der Waals surface area contributed by atoms with E-state index in [0.29, 0.717) is 18.8 Å². The molecule has 1 aromatic heterocycles. The van der Waals surface area contributed by atoms with Gasteiger partial charge in [-0.15, -0.1) is 12.3 Å². The average Bonchev–Trinajstić information content (AvgIpc) is 2.19. The molecule has 4 heteroatoms. The minimum atomic E-state index is -0.965. The minimum Gasteiger partial charge on any atom is -0.478 e. The van der Waals surface area contributed by atoms with Gasteiger partial charge in [0, 0.05) is 19.2 Å². The summed E-state index contributed by atoms with van der Waals surface area (Å²) in [6, 6.07) is 2.91. The first-order valence-electron chi connectivity index (χ1n) is 4.10. The highest BCUT2D eigenvalue weighted by molar-refractivity contribution is 5.88. The highest BCUT2D eigenvalue weighted by atomic mass is 16.4. The number of hydrogen-bond acceptors (Lipinski definition) is 3. The predicted molar refractivity (Wildman–Crippen MR) is 53.1 cm³/mol. The number of aromatic carboxylic acids is 1. The summed E-state index contributed by atoms with van der Waals surface area (Å²) >= 11 is 0. The zero-order chi connectivity index (χ0) is 10.4. The molecule has 0 atom stereocenters. The molecule has 0 aromatic carbocycles. The molecule has 0 unspecified atom stereocenters. The number of aromatic nitrogens is 1. The summed E-state index contributed by atoms with van der Waals surface area (Å²) in [5.74, 6) is 2.03. The molecule has 0 spiro atoms. The van der Waals surface area contributed by atoms with E-state index in [4.69, 9.17) is 11.5 Å². The Morgan fingerprint density at radius 3 is 3.14 bits per heavy atom. The zero-order valence-electron chi connectivity index (χ0n) is 7.53. The molecule has 0 aliphatic rings. The monoisotopic (exact) mass is 190 g/mol. The normalized spacial score (nSPS) is 9.07. The SMILES string of the molecule is C#CCCNc1cc(C(=O)O)ccn1. The van der Waals surface area contributed by atoms with Crippen LogP contribution in [-0.4, -0.2) is 22.6 Å². The fourth-order valence-corrected chi connectivity index (χ4v) is 0.923. The number of carboxylic acids is 1. The van der Waals surface area contributed by atoms with Crippen molar-refractivity contribution in [1.82, 2.24) is 4.98 Å². The summed E-state index contributed by atoms with van der Waals surface area (Å²) in [4.78, 5) is 14.5. The number of carbonyl (C=O) groups is 1. The first kappa shape index (κ1) is 10.1. The van der Waals surface area contributed by atoms with Crippen LogP contribution in [0.5, 0.6) is 0 Å². The van der Waals surface area contributed by atoms with Crippen LogP contribution in [-0.2, 0) is 0 Å². The highest BCUT2D eigenvalue weighted by Gasteiger charge is 2.02. The van der Waals surface area contributed by atoms with Crippen LogP contribution in [0.15, 0.2) is 18.3 Å². The number of anilines is 1. The van der Waals surface area contributed by atoms with Crippen molar-refractivity contribution in [3.8, 4) is 12.3 Å². The van der Waals surface area contributed by atoms with Crippen LogP contribution in [0.25, 0.3) is 0 Å². The Morgan fingerprint density at radius 1 is 1.71 bits per heavy atom. The third kappa shape index (κ3) is 2.79. The van der Waals surface area contributed by atoms with Crippen molar-refractivity contribution in [1.29, 1.82) is 0 Å². The quantitative estimate of drug-likeness (QED) is 0.553. The van der Waals surface area contributed by atoms with E-state index >= 15 is 0 Å². The predicted octanol–water partition coefficient (Wildman–Crippen LogP) is 1.22. The van der Waals surface area contributed by atoms with Crippen molar-refractivity contribution in [2.75, 3.05) is 11.9 Å². The third-order valence-corrected chi connectivity index (χ3v) is 1.58. The fourth-order valence-electron chi connectivity index (χ4n) is 0.923. The van der Waals surface area contributed by atoms with E-state index in [0.717, 1.165) is 0 Å². The van der Waals surface area contributed by atoms with Gasteiger partial charge in [0.25, 0.3) is 0 Å². The van der Waals surface area contributed by atoms with Crippen LogP contribution < -0.4 is 5.32 Å². The molecule has 1 aromatic rings. The summed E-state index contributed by atoms with van der Waals surface area (Å²) in [5.41, 5.74) is 0.211. The van der Waals surface area contributed by atoms with Gasteiger partial charge < -0.3 is 10.4 Å². The van der Waals surface area contributed by atoms with E-state index in [2.05, 4.69) is 16.2 Å². The molecule has 2 N–H and O–H groups in total. The van der Waals surface area contributed by atoms with Crippen LogP contribution >= 0.6 is 0 Å². The molecule has 0 saturated carbocycles. The molecule has 1 heterocycles. The van der Waals surface area contributed by atoms with Crippen molar-refractivity contribution >= 4 is 11.8 Å². The lowest BCUT2D eigenvalue weighted by Gasteiger charge is -2.03. The topological polar surface area (TPSA) is 62.2 Å². The Labute approximate surface area is 82.0 Å². The van der Waals surface area contributed by atoms with Gasteiger partial charge in [0.1, 0.15) is 5.82 Å². The van der Waals surface area contributed by atoms with Crippen molar-refractivity contribution in [3.05, 3.63) is 23.9 Å². The summed E-state index contributed by atoms with van der Waals surface area (Å²) in [7, 11) is 0. The van der Waals surface area contributed by atoms with Gasteiger partial charge in [0.15, 0.2) is 0 Å². The lowest BCUT2D eigenvalue weighted by atomic mass is 10.2. The summed E-state index contributed by atoms with van der Waals surface area (Å²) in [5, 5.41) is 11.6. The van der Waals surface area contributed by atoms with E-state index in [1.807, 2.05) is 0 Å². The molecule has 0 saturated heterocycles. The van der Waals surface area contributed by atoms with Crippen LogP contribution in [0.3, 0.4) is 0 Å². The van der Waals surface area contributed by atoms with Gasteiger partial charge in [-0.3, -0.25) is 0 Å². The van der Waals surface area contributed by atoms with Crippen molar-refractivity contribution in [2.45, 2.75) is 6.42 Å². The van der Waals surface area contributed by atoms with Crippen LogP contribution in [0.1, 0.15) is 16.8 Å². The molecule has 0 radical (unpaired) electrons. The van der Waals surface area contributed by atoms with Crippen molar-refractivity contribution in [2.24, 2.45) is 0 Å². The van der Waals surface area contributed by atoms with Gasteiger partial charge in [-0.05, 0) is 12.1 Å². The minimum absolute atomic E-state index is 0.211. The van der Waals surface area contributed by atoms with Crippen molar-refractivity contribution in [3.63, 3.8) is 0 Å². The average molecular weight is 190 g/mol. The van der Waals surface area contributed by atoms with E-state index in [1.54, 1.807) is 0 Å². The molecule has 0 aliphatic heterocycles. The Bertz CT molecular complexity index is 369. The summed E-state index contributed by atoms with van der Waals surface area (Å²) < 4.78 is 0. The first-order valence-corrected chi connectivity index (χ1v) is 4.10. The van der Waals surface area contributed by atoms with Gasteiger partial charge >= 0.3 is 5.97 Å². The molecular weight excluding hydrogens is 180 g/mol. The number of pyridine rings is 1. The summed E-state index contributed by atoms with van der Waals surface area (Å²) in [6.45, 7) is 0.590. The van der Waals surface area contributed by atoms with E-state index in [-0.39, 0.29) is 5.56 Å². The molecule has 0 aliphatic carbocycles.